The van der Waals surface area contributed by atoms with E-state index in [-0.39, 0.29) is 74.4 Å². The monoisotopic (exact) mass is 1590 g/mol. The third-order valence-corrected chi connectivity index (χ3v) is 18.2. The molecule has 0 aliphatic heterocycles. The van der Waals surface area contributed by atoms with E-state index >= 15 is 0 Å². The largest absolute Gasteiger partial charge is 1.00 e. The second kappa shape index (κ2) is 67.9. The fourth-order valence-electron chi connectivity index (χ4n) is 12.4. The Morgan fingerprint density at radius 1 is 0.229 bits per heavy atom. The van der Waals surface area contributed by atoms with E-state index in [0.717, 1.165) is 317 Å². The van der Waals surface area contributed by atoms with Crippen LogP contribution in [-0.2, 0) is 117 Å². The zero-order valence-corrected chi connectivity index (χ0v) is 68.2. The van der Waals surface area contributed by atoms with Gasteiger partial charge >= 0.3 is 0 Å². The summed E-state index contributed by atoms with van der Waals surface area (Å²) in [6, 6.07) is 30.6. The van der Waals surface area contributed by atoms with Gasteiger partial charge in [0.2, 0.25) is 0 Å². The summed E-state index contributed by atoms with van der Waals surface area (Å²) < 4.78 is 55.8. The number of rotatable bonds is 62. The molecule has 0 bridgehead atoms. The number of nitrogens with zero attached hydrogens (tertiary/aromatic N) is 7. The molecule has 14 nitrogen and oxygen atoms in total. The van der Waals surface area contributed by atoms with Crippen LogP contribution < -0.4 is 102 Å². The lowest BCUT2D eigenvalue weighted by Gasteiger charge is -2.06. The minimum atomic E-state index is 0. The molecule has 0 amide bonds. The van der Waals surface area contributed by atoms with Crippen molar-refractivity contribution in [3.05, 3.63) is 211 Å². The van der Waals surface area contributed by atoms with E-state index in [9.17, 15) is 0 Å². The van der Waals surface area contributed by atoms with Crippen LogP contribution >= 0.6 is 11.6 Å². The molecule has 7 aromatic rings. The Labute approximate surface area is 674 Å². The van der Waals surface area contributed by atoms with Crippen LogP contribution in [0.25, 0.3) is 0 Å². The predicted octanol–water partition coefficient (Wildman–Crippen LogP) is -4.62. The molecule has 7 heterocycles. The highest BCUT2D eigenvalue weighted by molar-refractivity contribution is 6.17. The van der Waals surface area contributed by atoms with Crippen LogP contribution in [0, 0.1) is 0 Å². The Bertz CT molecular complexity index is 3140. The van der Waals surface area contributed by atoms with Crippen molar-refractivity contribution in [1.29, 1.82) is 0 Å². The molecule has 0 N–H and O–H groups in total. The summed E-state index contributed by atoms with van der Waals surface area (Å²) in [7, 11) is 0. The summed E-state index contributed by atoms with van der Waals surface area (Å²) >= 11 is 5.75. The van der Waals surface area contributed by atoms with Gasteiger partial charge in [0.1, 0.15) is 39.3 Å². The van der Waals surface area contributed by atoms with Gasteiger partial charge in [-0.15, -0.1) is 11.6 Å². The van der Waals surface area contributed by atoms with Crippen molar-refractivity contribution in [1.82, 2.24) is 4.98 Å². The van der Waals surface area contributed by atoms with Gasteiger partial charge in [0.15, 0.2) is 74.4 Å². The number of halogens is 7. The van der Waals surface area contributed by atoms with Gasteiger partial charge in [-0.1, -0.05) is 6.07 Å². The van der Waals surface area contributed by atoms with Gasteiger partial charge in [0.25, 0.3) is 0 Å². The number of aryl methyl sites for hydroxylation is 13. The van der Waals surface area contributed by atoms with E-state index in [2.05, 4.69) is 186 Å². The quantitative estimate of drug-likeness (QED) is 0.0214. The van der Waals surface area contributed by atoms with Crippen LogP contribution in [0.15, 0.2) is 172 Å². The highest BCUT2D eigenvalue weighted by Crippen LogP contribution is 2.10. The van der Waals surface area contributed by atoms with Crippen molar-refractivity contribution in [2.24, 2.45) is 0 Å². The summed E-state index contributed by atoms with van der Waals surface area (Å²) in [6.45, 7) is 17.5. The number of pyridine rings is 7. The van der Waals surface area contributed by atoms with Crippen LogP contribution in [0.2, 0.25) is 0 Å². The van der Waals surface area contributed by atoms with Crippen molar-refractivity contribution < 1.29 is 135 Å². The third-order valence-electron chi connectivity index (χ3n) is 17.9. The summed E-state index contributed by atoms with van der Waals surface area (Å²) in [5.74, 6) is 0.718. The fraction of sp³-hybridized carbons (Fsp3) is 0.583. The van der Waals surface area contributed by atoms with Crippen LogP contribution in [0.4, 0.5) is 0 Å². The Balaban J connectivity index is 0.00000919. The maximum absolute atomic E-state index is 6.08. The molecule has 21 heteroatoms. The van der Waals surface area contributed by atoms with Crippen LogP contribution in [0.3, 0.4) is 0 Å². The number of alkyl halides is 1. The molecule has 0 aliphatic carbocycles. The molecule has 0 aromatic carbocycles. The fourth-order valence-corrected chi connectivity index (χ4v) is 12.6. The molecule has 0 aliphatic rings. The number of hydrogen-bond donors (Lipinski definition) is 0. The van der Waals surface area contributed by atoms with Crippen LogP contribution in [0.1, 0.15) is 174 Å². The number of unbranched alkanes of at least 4 members (excludes halogenated alkanes) is 7. The SMILES string of the molecule is ClCCCCOCCCc1ccc[n+](CCCCOCCCc2ccc[n+](CCCCOCCCc3ccc[n+](CCCCOCCCc4ccc[n+](CCCCOCCCc5ccc[n+](CCCCOCCCc6ccc[n+](CCCCOCCCc7cccnc7)c6)c5)c4)c3)c2)c1.[Cl-].[Cl-].[Cl-].[Cl-].[Cl-].[Cl-]. The minimum Gasteiger partial charge on any atom is -1.00 e. The average molecular weight is 1590 g/mol. The molecular formula is C84H126Cl7N7O7. The lowest BCUT2D eigenvalue weighted by Crippen LogP contribution is -3.00. The Morgan fingerprint density at radius 3 is 0.619 bits per heavy atom. The standard InChI is InChI=1S/C84H126ClN7O7.6ClH/c85-43-1-8-57-93-65-23-37-79-30-16-51-88(72-79)46-3-10-59-95-67-25-39-81-32-18-53-90(74-81)48-5-12-61-97-69-27-41-83-34-20-55-92(76-83)50-7-14-63-99-70-28-42-84-35-21-56-91(77-84)49-6-13-62-98-68-26-40-82-33-19-54-89(75-82)47-4-11-60-96-66-24-38-80-31-17-52-87(73-80)45-2-9-58-94-64-22-36-78-29-15-44-86-71-78;;;;;;/h15-21,29-35,44,51-56,71-77H,1-14,22-28,36-43,45-50,57-70H2;6*1H/q+6;;;;;;/p-6. The van der Waals surface area contributed by atoms with Gasteiger partial charge in [0, 0.05) is 219 Å². The zero-order valence-electron chi connectivity index (χ0n) is 62.9. The molecule has 7 rings (SSSR count). The Morgan fingerprint density at radius 2 is 0.419 bits per heavy atom. The van der Waals surface area contributed by atoms with Crippen molar-refractivity contribution in [3.63, 3.8) is 0 Å². The van der Waals surface area contributed by atoms with Gasteiger partial charge in [-0.2, -0.15) is 0 Å². The third kappa shape index (κ3) is 49.5. The lowest BCUT2D eigenvalue weighted by atomic mass is 10.1. The molecule has 0 spiro atoms. The van der Waals surface area contributed by atoms with Crippen molar-refractivity contribution in [3.8, 4) is 0 Å². The first kappa shape index (κ1) is 98.8. The molecule has 0 saturated carbocycles. The minimum absolute atomic E-state index is 0. The summed E-state index contributed by atoms with van der Waals surface area (Å²) in [4.78, 5) is 4.19. The van der Waals surface area contributed by atoms with Gasteiger partial charge in [-0.3, -0.25) is 4.98 Å². The maximum atomic E-state index is 6.08. The number of ether oxygens (including phenoxy) is 7. The normalized spacial score (nSPS) is 10.9. The van der Waals surface area contributed by atoms with Crippen LogP contribution in [0.5, 0.6) is 0 Å². The molecule has 105 heavy (non-hydrogen) atoms. The second-order valence-electron chi connectivity index (χ2n) is 26.7. The second-order valence-corrected chi connectivity index (χ2v) is 27.1. The topological polar surface area (TPSA) is 101 Å². The lowest BCUT2D eigenvalue weighted by molar-refractivity contribution is -0.698. The first-order chi connectivity index (χ1) is 49.1. The van der Waals surface area contributed by atoms with Gasteiger partial charge in [-0.05, 0) is 189 Å². The van der Waals surface area contributed by atoms with Crippen molar-refractivity contribution in [2.75, 3.05) is 98.4 Å². The highest BCUT2D eigenvalue weighted by atomic mass is 35.5. The van der Waals surface area contributed by atoms with E-state index in [1.165, 1.54) is 38.9 Å². The van der Waals surface area contributed by atoms with Crippen molar-refractivity contribution >= 4 is 11.6 Å². The summed E-state index contributed by atoms with van der Waals surface area (Å²) in [6.07, 6.45) is 60.6. The Hall–Kier alpha value is -4.20. The molecule has 0 fully saturated rings. The molecule has 7 aromatic heterocycles. The van der Waals surface area contributed by atoms with Gasteiger partial charge < -0.3 is 108 Å². The van der Waals surface area contributed by atoms with Crippen molar-refractivity contribution in [2.45, 2.75) is 219 Å². The molecule has 0 radical (unpaired) electrons. The van der Waals surface area contributed by atoms with E-state index in [1.807, 2.05) is 18.5 Å². The van der Waals surface area contributed by atoms with Gasteiger partial charge in [0.05, 0.1) is 0 Å². The summed E-state index contributed by atoms with van der Waals surface area (Å²) in [5.41, 5.74) is 9.54. The maximum Gasteiger partial charge on any atom is 0.171 e. The van der Waals surface area contributed by atoms with E-state index in [1.54, 1.807) is 0 Å². The highest BCUT2D eigenvalue weighted by Gasteiger charge is 2.11. The average Bonchev–Trinajstić information content (AvgIpc) is 1.01. The number of aromatic nitrogens is 7. The van der Waals surface area contributed by atoms with Crippen LogP contribution in [-0.4, -0.2) is 103 Å². The molecule has 0 unspecified atom stereocenters. The van der Waals surface area contributed by atoms with E-state index < -0.39 is 0 Å². The molecule has 588 valence electrons. The van der Waals surface area contributed by atoms with E-state index in [4.69, 9.17) is 44.8 Å². The zero-order chi connectivity index (χ0) is 68.6. The first-order valence-corrected chi connectivity index (χ1v) is 39.0. The first-order valence-electron chi connectivity index (χ1n) is 38.5. The smallest absolute Gasteiger partial charge is 0.171 e. The number of hydrogen-bond acceptors (Lipinski definition) is 8. The molecule has 0 saturated heterocycles. The van der Waals surface area contributed by atoms with Gasteiger partial charge in [-0.25, -0.2) is 27.4 Å². The predicted molar refractivity (Wildman–Crippen MR) is 393 cm³/mol. The summed E-state index contributed by atoms with van der Waals surface area (Å²) in [5, 5.41) is 0. The van der Waals surface area contributed by atoms with E-state index in [0.29, 0.717) is 0 Å². The Kier molecular flexibility index (Phi) is 63.9. The molecular weight excluding hydrogens is 1470 g/mol. The molecule has 0 atom stereocenters.